The summed E-state index contributed by atoms with van der Waals surface area (Å²) in [6, 6.07) is 0. The lowest BCUT2D eigenvalue weighted by Gasteiger charge is -2.20. The number of carbonyl (C=O) groups is 1. The van der Waals surface area contributed by atoms with E-state index in [0.29, 0.717) is 30.4 Å². The number of amides is 1. The van der Waals surface area contributed by atoms with Gasteiger partial charge in [-0.15, -0.1) is 0 Å². The molecule has 1 amide bonds. The molecular weight excluding hydrogens is 254 g/mol. The average Bonchev–Trinajstić information content (AvgIpc) is 2.31. The van der Waals surface area contributed by atoms with Crippen molar-refractivity contribution in [3.8, 4) is 0 Å². The molecule has 1 heterocycles. The summed E-state index contributed by atoms with van der Waals surface area (Å²) in [4.78, 5) is 20.3. The highest BCUT2D eigenvalue weighted by molar-refractivity contribution is 5.77. The maximum Gasteiger partial charge on any atom is 0.222 e. The fourth-order valence-electron chi connectivity index (χ4n) is 1.69. The zero-order chi connectivity index (χ0) is 15.3. The highest BCUT2D eigenvalue weighted by Crippen LogP contribution is 2.17. The largest absolute Gasteiger partial charge is 0.383 e. The number of nitrogens with one attached hydrogen (secondary N) is 2. The Kier molecular flexibility index (Phi) is 5.30. The lowest BCUT2D eigenvalue weighted by Crippen LogP contribution is -2.41. The molecular formula is C14H25N5O. The third kappa shape index (κ3) is 5.03. The molecule has 6 heteroatoms. The third-order valence-corrected chi connectivity index (χ3v) is 2.70. The summed E-state index contributed by atoms with van der Waals surface area (Å²) in [6.07, 6.45) is 1.12. The van der Waals surface area contributed by atoms with Gasteiger partial charge < -0.3 is 16.4 Å². The zero-order valence-electron chi connectivity index (χ0n) is 13.0. The predicted molar refractivity (Wildman–Crippen MR) is 81.6 cm³/mol. The van der Waals surface area contributed by atoms with E-state index in [9.17, 15) is 4.79 Å². The first-order valence-corrected chi connectivity index (χ1v) is 6.90. The molecule has 0 aromatic carbocycles. The van der Waals surface area contributed by atoms with Crippen molar-refractivity contribution in [3.05, 3.63) is 11.4 Å². The van der Waals surface area contributed by atoms with Crippen LogP contribution in [-0.4, -0.2) is 28.0 Å². The summed E-state index contributed by atoms with van der Waals surface area (Å²) in [6.45, 7) is 10.2. The Morgan fingerprint density at radius 1 is 1.30 bits per heavy atom. The van der Waals surface area contributed by atoms with Crippen LogP contribution in [0, 0.1) is 6.92 Å². The lowest BCUT2D eigenvalue weighted by atomic mass is 10.1. The van der Waals surface area contributed by atoms with E-state index in [1.54, 1.807) is 0 Å². The second-order valence-electron chi connectivity index (χ2n) is 5.83. The first-order chi connectivity index (χ1) is 9.23. The molecule has 6 nitrogen and oxygen atoms in total. The first-order valence-electron chi connectivity index (χ1n) is 6.90. The van der Waals surface area contributed by atoms with Gasteiger partial charge in [-0.25, -0.2) is 9.97 Å². The maximum absolute atomic E-state index is 11.7. The molecule has 0 aliphatic heterocycles. The Balaban J connectivity index is 2.58. The molecule has 0 spiro atoms. The number of nitrogens with two attached hydrogens (primary N) is 1. The minimum absolute atomic E-state index is 0.0143. The number of nitrogens with zero attached hydrogens (tertiary/aromatic N) is 2. The van der Waals surface area contributed by atoms with E-state index in [-0.39, 0.29) is 11.4 Å². The monoisotopic (exact) mass is 279 g/mol. The summed E-state index contributed by atoms with van der Waals surface area (Å²) < 4.78 is 0. The van der Waals surface area contributed by atoms with Gasteiger partial charge in [0.2, 0.25) is 5.91 Å². The number of aryl methyl sites for hydroxylation is 1. The highest BCUT2D eigenvalue weighted by Gasteiger charge is 2.13. The van der Waals surface area contributed by atoms with Crippen LogP contribution >= 0.6 is 0 Å². The van der Waals surface area contributed by atoms with Gasteiger partial charge in [-0.2, -0.15) is 0 Å². The second kappa shape index (κ2) is 6.54. The Labute approximate surface area is 120 Å². The maximum atomic E-state index is 11.7. The molecule has 0 aliphatic rings. The van der Waals surface area contributed by atoms with Crippen molar-refractivity contribution >= 4 is 17.5 Å². The molecule has 20 heavy (non-hydrogen) atoms. The summed E-state index contributed by atoms with van der Waals surface area (Å²) in [5.41, 5.74) is 6.45. The van der Waals surface area contributed by atoms with Gasteiger partial charge in [0.1, 0.15) is 17.5 Å². The standard InChI is InChI=1S/C14H25N5O/c1-6-10-17-12(15)9(2)13(18-10)16-8-7-11(20)19-14(3,4)5/h6-8H2,1-5H3,(H,19,20)(H3,15,16,17,18). The first kappa shape index (κ1) is 16.2. The second-order valence-corrected chi connectivity index (χ2v) is 5.83. The van der Waals surface area contributed by atoms with E-state index >= 15 is 0 Å². The van der Waals surface area contributed by atoms with Crippen molar-refractivity contribution in [2.24, 2.45) is 0 Å². The minimum Gasteiger partial charge on any atom is -0.383 e. The molecule has 112 valence electrons. The number of hydrogen-bond acceptors (Lipinski definition) is 5. The van der Waals surface area contributed by atoms with Crippen molar-refractivity contribution in [1.29, 1.82) is 0 Å². The number of nitrogen functional groups attached to an aromatic ring is 1. The van der Waals surface area contributed by atoms with Crippen molar-refractivity contribution in [3.63, 3.8) is 0 Å². The summed E-state index contributed by atoms with van der Waals surface area (Å²) in [5.74, 6) is 1.91. The van der Waals surface area contributed by atoms with E-state index in [0.717, 1.165) is 12.0 Å². The molecule has 1 aromatic heterocycles. The van der Waals surface area contributed by atoms with Crippen LogP contribution in [0.4, 0.5) is 11.6 Å². The van der Waals surface area contributed by atoms with Gasteiger partial charge in [0.25, 0.3) is 0 Å². The molecule has 0 fully saturated rings. The van der Waals surface area contributed by atoms with Crippen LogP contribution in [0.5, 0.6) is 0 Å². The number of hydrogen-bond donors (Lipinski definition) is 3. The minimum atomic E-state index is -0.207. The van der Waals surface area contributed by atoms with Crippen molar-refractivity contribution in [2.75, 3.05) is 17.6 Å². The number of anilines is 2. The van der Waals surface area contributed by atoms with Gasteiger partial charge in [0.05, 0.1) is 0 Å². The van der Waals surface area contributed by atoms with Crippen LogP contribution in [0.1, 0.15) is 45.5 Å². The Morgan fingerprint density at radius 2 is 1.95 bits per heavy atom. The summed E-state index contributed by atoms with van der Waals surface area (Å²) in [7, 11) is 0. The molecule has 0 aliphatic carbocycles. The van der Waals surface area contributed by atoms with Crippen LogP contribution < -0.4 is 16.4 Å². The topological polar surface area (TPSA) is 92.9 Å². The van der Waals surface area contributed by atoms with Gasteiger partial charge in [-0.05, 0) is 27.7 Å². The van der Waals surface area contributed by atoms with Crippen LogP contribution in [0.2, 0.25) is 0 Å². The molecule has 1 aromatic rings. The van der Waals surface area contributed by atoms with Crippen molar-refractivity contribution < 1.29 is 4.79 Å². The fraction of sp³-hybridized carbons (Fsp3) is 0.643. The highest BCUT2D eigenvalue weighted by atomic mass is 16.1. The molecule has 0 bridgehead atoms. The van der Waals surface area contributed by atoms with E-state index < -0.39 is 0 Å². The number of carbonyl (C=O) groups excluding carboxylic acids is 1. The molecule has 0 radical (unpaired) electrons. The Hall–Kier alpha value is -1.85. The van der Waals surface area contributed by atoms with E-state index in [1.165, 1.54) is 0 Å². The number of aromatic nitrogens is 2. The van der Waals surface area contributed by atoms with Gasteiger partial charge >= 0.3 is 0 Å². The lowest BCUT2D eigenvalue weighted by molar-refractivity contribution is -0.122. The smallest absolute Gasteiger partial charge is 0.222 e. The van der Waals surface area contributed by atoms with E-state index in [4.69, 9.17) is 5.73 Å². The van der Waals surface area contributed by atoms with Crippen LogP contribution in [-0.2, 0) is 11.2 Å². The normalized spacial score (nSPS) is 11.2. The average molecular weight is 279 g/mol. The Morgan fingerprint density at radius 3 is 2.50 bits per heavy atom. The van der Waals surface area contributed by atoms with Gasteiger partial charge in [0, 0.05) is 30.5 Å². The molecule has 0 saturated carbocycles. The van der Waals surface area contributed by atoms with E-state index in [2.05, 4.69) is 20.6 Å². The molecule has 0 saturated heterocycles. The van der Waals surface area contributed by atoms with E-state index in [1.807, 2.05) is 34.6 Å². The quantitative estimate of drug-likeness (QED) is 0.762. The van der Waals surface area contributed by atoms with Crippen molar-refractivity contribution in [1.82, 2.24) is 15.3 Å². The van der Waals surface area contributed by atoms with Gasteiger partial charge in [-0.1, -0.05) is 6.92 Å². The van der Waals surface area contributed by atoms with Gasteiger partial charge in [-0.3, -0.25) is 4.79 Å². The fourth-order valence-corrected chi connectivity index (χ4v) is 1.69. The third-order valence-electron chi connectivity index (χ3n) is 2.70. The van der Waals surface area contributed by atoms with Crippen LogP contribution in [0.3, 0.4) is 0 Å². The van der Waals surface area contributed by atoms with Crippen LogP contribution in [0.15, 0.2) is 0 Å². The van der Waals surface area contributed by atoms with Gasteiger partial charge in [0.15, 0.2) is 0 Å². The molecule has 0 atom stereocenters. The summed E-state index contributed by atoms with van der Waals surface area (Å²) >= 11 is 0. The Bertz CT molecular complexity index is 479. The van der Waals surface area contributed by atoms with Crippen LogP contribution in [0.25, 0.3) is 0 Å². The van der Waals surface area contributed by atoms with Crippen molar-refractivity contribution in [2.45, 2.75) is 53.0 Å². The molecule has 1 rings (SSSR count). The predicted octanol–water partition coefficient (Wildman–Crippen LogP) is 1.65. The zero-order valence-corrected chi connectivity index (χ0v) is 13.0. The SMILES string of the molecule is CCc1nc(N)c(C)c(NCCC(=O)NC(C)(C)C)n1. The molecule has 4 N–H and O–H groups in total. The molecule has 0 unspecified atom stereocenters. The number of rotatable bonds is 5. The summed E-state index contributed by atoms with van der Waals surface area (Å²) in [5, 5.41) is 6.07.